The van der Waals surface area contributed by atoms with Crippen LogP contribution in [-0.4, -0.2) is 42.0 Å². The zero-order valence-corrected chi connectivity index (χ0v) is 9.67. The molecule has 0 heterocycles. The van der Waals surface area contributed by atoms with Crippen LogP contribution in [0.4, 0.5) is 0 Å². The van der Waals surface area contributed by atoms with E-state index in [1.165, 1.54) is 0 Å². The Kier molecular flexibility index (Phi) is 5.64. The van der Waals surface area contributed by atoms with E-state index in [-0.39, 0.29) is 19.8 Å². The van der Waals surface area contributed by atoms with Crippen molar-refractivity contribution in [2.75, 3.05) is 19.8 Å². The Morgan fingerprint density at radius 2 is 1.94 bits per heavy atom. The standard InChI is InChI=1S/C12H14N2O4/c13-5-9-1-3-11(4-2-9)18-8-12(17)14-10(6-15)7-16/h1-4,10,15-16H,6-8H2,(H,14,17). The van der Waals surface area contributed by atoms with E-state index in [1.807, 2.05) is 6.07 Å². The molecule has 6 heteroatoms. The van der Waals surface area contributed by atoms with E-state index in [9.17, 15) is 4.79 Å². The lowest BCUT2D eigenvalue weighted by Gasteiger charge is -2.13. The number of nitrogens with zero attached hydrogens (tertiary/aromatic N) is 1. The molecule has 0 aliphatic carbocycles. The maximum atomic E-state index is 11.4. The quantitative estimate of drug-likeness (QED) is 0.626. The van der Waals surface area contributed by atoms with Crippen molar-refractivity contribution in [2.24, 2.45) is 0 Å². The van der Waals surface area contributed by atoms with Crippen LogP contribution in [0.1, 0.15) is 5.56 Å². The maximum Gasteiger partial charge on any atom is 0.258 e. The monoisotopic (exact) mass is 250 g/mol. The van der Waals surface area contributed by atoms with Crippen LogP contribution in [0.2, 0.25) is 0 Å². The van der Waals surface area contributed by atoms with Crippen LogP contribution >= 0.6 is 0 Å². The van der Waals surface area contributed by atoms with Gasteiger partial charge in [-0.15, -0.1) is 0 Å². The average Bonchev–Trinajstić information content (AvgIpc) is 2.43. The number of carbonyl (C=O) groups excluding carboxylic acids is 1. The van der Waals surface area contributed by atoms with Crippen molar-refractivity contribution in [1.29, 1.82) is 5.26 Å². The zero-order valence-electron chi connectivity index (χ0n) is 9.67. The lowest BCUT2D eigenvalue weighted by atomic mass is 10.2. The molecule has 96 valence electrons. The van der Waals surface area contributed by atoms with E-state index in [4.69, 9.17) is 20.2 Å². The number of nitriles is 1. The number of nitrogens with one attached hydrogen (secondary N) is 1. The first kappa shape index (κ1) is 14.0. The Morgan fingerprint density at radius 3 is 2.44 bits per heavy atom. The molecule has 1 aromatic carbocycles. The Balaban J connectivity index is 2.40. The third-order valence-corrected chi connectivity index (χ3v) is 2.16. The van der Waals surface area contributed by atoms with Crippen LogP contribution in [0.15, 0.2) is 24.3 Å². The minimum atomic E-state index is -0.679. The predicted molar refractivity (Wildman–Crippen MR) is 62.8 cm³/mol. The number of hydrogen-bond acceptors (Lipinski definition) is 5. The van der Waals surface area contributed by atoms with E-state index >= 15 is 0 Å². The number of carbonyl (C=O) groups is 1. The van der Waals surface area contributed by atoms with Crippen molar-refractivity contribution in [2.45, 2.75) is 6.04 Å². The van der Waals surface area contributed by atoms with E-state index in [0.717, 1.165) is 0 Å². The highest BCUT2D eigenvalue weighted by Crippen LogP contribution is 2.11. The molecule has 0 saturated carbocycles. The van der Waals surface area contributed by atoms with Gasteiger partial charge in [0.05, 0.1) is 30.9 Å². The summed E-state index contributed by atoms with van der Waals surface area (Å²) in [6.45, 7) is -0.888. The van der Waals surface area contributed by atoms with Crippen molar-refractivity contribution in [3.63, 3.8) is 0 Å². The smallest absolute Gasteiger partial charge is 0.258 e. The van der Waals surface area contributed by atoms with Crippen LogP contribution in [-0.2, 0) is 4.79 Å². The first-order valence-corrected chi connectivity index (χ1v) is 5.33. The molecule has 1 rings (SSSR count). The lowest BCUT2D eigenvalue weighted by molar-refractivity contribution is -0.124. The molecular weight excluding hydrogens is 236 g/mol. The van der Waals surface area contributed by atoms with Crippen molar-refractivity contribution in [1.82, 2.24) is 5.32 Å². The van der Waals surface area contributed by atoms with Crippen LogP contribution in [0.3, 0.4) is 0 Å². The normalized spacial score (nSPS) is 9.89. The third kappa shape index (κ3) is 4.41. The fourth-order valence-electron chi connectivity index (χ4n) is 1.19. The number of amides is 1. The van der Waals surface area contributed by atoms with Crippen LogP contribution < -0.4 is 10.1 Å². The molecule has 0 bridgehead atoms. The van der Waals surface area contributed by atoms with Gasteiger partial charge in [-0.1, -0.05) is 0 Å². The van der Waals surface area contributed by atoms with Gasteiger partial charge in [0.1, 0.15) is 5.75 Å². The molecular formula is C12H14N2O4. The summed E-state index contributed by atoms with van der Waals surface area (Å²) in [5.41, 5.74) is 0.507. The SMILES string of the molecule is N#Cc1ccc(OCC(=O)NC(CO)CO)cc1. The molecule has 18 heavy (non-hydrogen) atoms. The van der Waals surface area contributed by atoms with E-state index in [1.54, 1.807) is 24.3 Å². The number of hydrogen-bond donors (Lipinski definition) is 3. The molecule has 3 N–H and O–H groups in total. The highest BCUT2D eigenvalue weighted by molar-refractivity contribution is 5.77. The molecule has 1 amide bonds. The van der Waals surface area contributed by atoms with Gasteiger partial charge in [-0.25, -0.2) is 0 Å². The molecule has 0 fully saturated rings. The van der Waals surface area contributed by atoms with Gasteiger partial charge in [-0.3, -0.25) is 4.79 Å². The predicted octanol–water partition coefficient (Wildman–Crippen LogP) is -0.594. The van der Waals surface area contributed by atoms with Crippen molar-refractivity contribution in [3.8, 4) is 11.8 Å². The van der Waals surface area contributed by atoms with Gasteiger partial charge in [0.2, 0.25) is 0 Å². The van der Waals surface area contributed by atoms with Crippen LogP contribution in [0, 0.1) is 11.3 Å². The Bertz CT molecular complexity index is 421. The fraction of sp³-hybridized carbons (Fsp3) is 0.333. The first-order chi connectivity index (χ1) is 8.69. The minimum Gasteiger partial charge on any atom is -0.484 e. The summed E-state index contributed by atoms with van der Waals surface area (Å²) in [6.07, 6.45) is 0. The summed E-state index contributed by atoms with van der Waals surface area (Å²) < 4.78 is 5.17. The van der Waals surface area contributed by atoms with E-state index < -0.39 is 11.9 Å². The van der Waals surface area contributed by atoms with Gasteiger partial charge in [-0.05, 0) is 24.3 Å². The van der Waals surface area contributed by atoms with Crippen molar-refractivity contribution < 1.29 is 19.7 Å². The van der Waals surface area contributed by atoms with Gasteiger partial charge in [0, 0.05) is 0 Å². The molecule has 0 radical (unpaired) electrons. The first-order valence-electron chi connectivity index (χ1n) is 5.33. The topological polar surface area (TPSA) is 103 Å². The van der Waals surface area contributed by atoms with E-state index in [0.29, 0.717) is 11.3 Å². The number of ether oxygens (including phenoxy) is 1. The van der Waals surface area contributed by atoms with Gasteiger partial charge < -0.3 is 20.3 Å². The Hall–Kier alpha value is -2.10. The van der Waals surface area contributed by atoms with E-state index in [2.05, 4.69) is 5.32 Å². The highest BCUT2D eigenvalue weighted by Gasteiger charge is 2.10. The van der Waals surface area contributed by atoms with Gasteiger partial charge in [0.15, 0.2) is 6.61 Å². The van der Waals surface area contributed by atoms with Gasteiger partial charge in [0.25, 0.3) is 5.91 Å². The molecule has 0 aromatic heterocycles. The van der Waals surface area contributed by atoms with Crippen molar-refractivity contribution in [3.05, 3.63) is 29.8 Å². The second-order valence-corrected chi connectivity index (χ2v) is 3.55. The maximum absolute atomic E-state index is 11.4. The lowest BCUT2D eigenvalue weighted by Crippen LogP contribution is -2.42. The fourth-order valence-corrected chi connectivity index (χ4v) is 1.19. The number of aliphatic hydroxyl groups excluding tert-OH is 2. The average molecular weight is 250 g/mol. The summed E-state index contributed by atoms with van der Waals surface area (Å²) >= 11 is 0. The summed E-state index contributed by atoms with van der Waals surface area (Å²) in [6, 6.07) is 7.62. The summed E-state index contributed by atoms with van der Waals surface area (Å²) in [4.78, 5) is 11.4. The summed E-state index contributed by atoms with van der Waals surface area (Å²) in [7, 11) is 0. The summed E-state index contributed by atoms with van der Waals surface area (Å²) in [5.74, 6) is 0.0288. The van der Waals surface area contributed by atoms with Gasteiger partial charge >= 0.3 is 0 Å². The third-order valence-electron chi connectivity index (χ3n) is 2.16. The second-order valence-electron chi connectivity index (χ2n) is 3.55. The number of rotatable bonds is 6. The number of aliphatic hydroxyl groups is 2. The molecule has 0 unspecified atom stereocenters. The zero-order chi connectivity index (χ0) is 13.4. The molecule has 0 aliphatic heterocycles. The molecule has 6 nitrogen and oxygen atoms in total. The molecule has 1 aromatic rings. The van der Waals surface area contributed by atoms with Crippen molar-refractivity contribution >= 4 is 5.91 Å². The van der Waals surface area contributed by atoms with Crippen LogP contribution in [0.5, 0.6) is 5.75 Å². The summed E-state index contributed by atoms with van der Waals surface area (Å²) in [5, 5.41) is 28.5. The molecule has 0 saturated heterocycles. The van der Waals surface area contributed by atoms with Crippen LogP contribution in [0.25, 0.3) is 0 Å². The number of benzene rings is 1. The second kappa shape index (κ2) is 7.27. The minimum absolute atomic E-state index is 0.220. The molecule has 0 atom stereocenters. The molecule has 0 aliphatic rings. The Labute approximate surface area is 104 Å². The molecule has 0 spiro atoms. The van der Waals surface area contributed by atoms with Gasteiger partial charge in [-0.2, -0.15) is 5.26 Å². The largest absolute Gasteiger partial charge is 0.484 e. The highest BCUT2D eigenvalue weighted by atomic mass is 16.5. The Morgan fingerprint density at radius 1 is 1.33 bits per heavy atom.